The van der Waals surface area contributed by atoms with Crippen LogP contribution in [0.15, 0.2) is 207 Å². The highest BCUT2D eigenvalue weighted by Gasteiger charge is 2.17. The molecule has 0 atom stereocenters. The van der Waals surface area contributed by atoms with E-state index in [1.54, 1.807) is 0 Å². The molecule has 272 valence electrons. The van der Waals surface area contributed by atoms with Crippen LogP contribution in [0.5, 0.6) is 0 Å². The first kappa shape index (κ1) is 33.4. The molecule has 0 radical (unpaired) electrons. The summed E-state index contributed by atoms with van der Waals surface area (Å²) in [6.45, 7) is 0. The molecule has 0 aliphatic rings. The van der Waals surface area contributed by atoms with Gasteiger partial charge in [0.05, 0.1) is 22.2 Å². The van der Waals surface area contributed by atoms with Crippen LogP contribution in [0.25, 0.3) is 83.1 Å². The SMILES string of the molecule is c1ccc(-c2ccc(N(c3ccc(-c4ccc5c(c4)c4cccnc4n5-c4ccccn4)cc3)c3ccc(-c4ccc5ccc6cccnc6c5n4)cc3)cc2)cc1. The van der Waals surface area contributed by atoms with E-state index in [-0.39, 0.29) is 0 Å². The van der Waals surface area contributed by atoms with Gasteiger partial charge in [-0.05, 0) is 107 Å². The van der Waals surface area contributed by atoms with E-state index in [0.29, 0.717) is 0 Å². The molecule has 5 aromatic heterocycles. The van der Waals surface area contributed by atoms with Crippen LogP contribution >= 0.6 is 0 Å². The number of rotatable bonds is 7. The Balaban J connectivity index is 0.972. The molecule has 11 rings (SSSR count). The van der Waals surface area contributed by atoms with Gasteiger partial charge in [-0.2, -0.15) is 0 Å². The van der Waals surface area contributed by atoms with Crippen molar-refractivity contribution in [2.24, 2.45) is 0 Å². The summed E-state index contributed by atoms with van der Waals surface area (Å²) in [5.41, 5.74) is 13.6. The number of hydrogen-bond donors (Lipinski definition) is 0. The van der Waals surface area contributed by atoms with Gasteiger partial charge in [-0.1, -0.05) is 103 Å². The molecule has 5 heterocycles. The van der Waals surface area contributed by atoms with Crippen molar-refractivity contribution in [2.75, 3.05) is 4.90 Å². The topological polar surface area (TPSA) is 59.7 Å². The number of aromatic nitrogens is 5. The molecule has 0 amide bonds. The first-order chi connectivity index (χ1) is 28.7. The van der Waals surface area contributed by atoms with Gasteiger partial charge in [0.2, 0.25) is 0 Å². The van der Waals surface area contributed by atoms with Crippen molar-refractivity contribution in [1.82, 2.24) is 24.5 Å². The molecule has 0 unspecified atom stereocenters. The van der Waals surface area contributed by atoms with Gasteiger partial charge in [0.15, 0.2) is 0 Å². The summed E-state index contributed by atoms with van der Waals surface area (Å²) in [5.74, 6) is 0.850. The van der Waals surface area contributed by atoms with E-state index in [1.807, 2.05) is 48.9 Å². The molecule has 0 fully saturated rings. The van der Waals surface area contributed by atoms with Gasteiger partial charge < -0.3 is 4.90 Å². The summed E-state index contributed by atoms with van der Waals surface area (Å²) in [5, 5.41) is 4.40. The fourth-order valence-electron chi connectivity index (χ4n) is 8.09. The zero-order valence-corrected chi connectivity index (χ0v) is 31.3. The third-order valence-electron chi connectivity index (χ3n) is 10.9. The standard InChI is InChI=1S/C52H34N6/c1-2-8-35(9-3-1)36-15-23-42(24-16-36)57(44-27-19-38(20-28-44)47-29-21-40-14-13-39-10-6-32-54-50(39)51(40)56-47)43-25-17-37(18-26-43)41-22-30-48-46(34-41)45-11-7-33-55-52(45)58(48)49-12-4-5-31-53-49/h1-34H. The van der Waals surface area contributed by atoms with Crippen molar-refractivity contribution in [2.45, 2.75) is 0 Å². The highest BCUT2D eigenvalue weighted by molar-refractivity contribution is 6.09. The van der Waals surface area contributed by atoms with Crippen molar-refractivity contribution in [3.8, 4) is 39.3 Å². The summed E-state index contributed by atoms with van der Waals surface area (Å²) in [7, 11) is 0. The highest BCUT2D eigenvalue weighted by atomic mass is 15.1. The average Bonchev–Trinajstić information content (AvgIpc) is 3.64. The molecule has 0 saturated carbocycles. The van der Waals surface area contributed by atoms with E-state index in [0.717, 1.165) is 89.0 Å². The second kappa shape index (κ2) is 14.0. The lowest BCUT2D eigenvalue weighted by atomic mass is 10.0. The molecule has 0 aliphatic carbocycles. The third kappa shape index (κ3) is 5.83. The Morgan fingerprint density at radius 3 is 1.69 bits per heavy atom. The molecular formula is C52H34N6. The number of anilines is 3. The predicted molar refractivity (Wildman–Crippen MR) is 238 cm³/mol. The number of pyridine rings is 4. The van der Waals surface area contributed by atoms with Gasteiger partial charge in [0.25, 0.3) is 0 Å². The Kier molecular flexibility index (Phi) is 8.04. The van der Waals surface area contributed by atoms with Gasteiger partial charge in [-0.25, -0.2) is 15.0 Å². The zero-order chi connectivity index (χ0) is 38.4. The average molecular weight is 743 g/mol. The second-order valence-electron chi connectivity index (χ2n) is 14.4. The van der Waals surface area contributed by atoms with Crippen LogP contribution in [0.2, 0.25) is 0 Å². The molecule has 58 heavy (non-hydrogen) atoms. The summed E-state index contributed by atoms with van der Waals surface area (Å²) < 4.78 is 2.14. The number of benzene rings is 6. The lowest BCUT2D eigenvalue weighted by Gasteiger charge is -2.26. The molecule has 0 saturated heterocycles. The van der Waals surface area contributed by atoms with Crippen molar-refractivity contribution < 1.29 is 0 Å². The molecule has 11 aromatic rings. The molecule has 6 aromatic carbocycles. The predicted octanol–water partition coefficient (Wildman–Crippen LogP) is 13.1. The zero-order valence-electron chi connectivity index (χ0n) is 31.3. The fraction of sp³-hybridized carbons (Fsp3) is 0. The van der Waals surface area contributed by atoms with Crippen molar-refractivity contribution in [3.05, 3.63) is 207 Å². The number of hydrogen-bond acceptors (Lipinski definition) is 5. The minimum absolute atomic E-state index is 0.850. The quantitative estimate of drug-likeness (QED) is 0.152. The van der Waals surface area contributed by atoms with Crippen LogP contribution in [0.3, 0.4) is 0 Å². The second-order valence-corrected chi connectivity index (χ2v) is 14.4. The van der Waals surface area contributed by atoms with Gasteiger partial charge in [0, 0.05) is 62.8 Å². The lowest BCUT2D eigenvalue weighted by molar-refractivity contribution is 1.06. The van der Waals surface area contributed by atoms with E-state index in [1.165, 1.54) is 11.1 Å². The van der Waals surface area contributed by atoms with E-state index >= 15 is 0 Å². The van der Waals surface area contributed by atoms with E-state index in [9.17, 15) is 0 Å². The Labute approximate surface area is 335 Å². The Morgan fingerprint density at radius 2 is 0.966 bits per heavy atom. The highest BCUT2D eigenvalue weighted by Crippen LogP contribution is 2.39. The van der Waals surface area contributed by atoms with Crippen molar-refractivity contribution in [3.63, 3.8) is 0 Å². The van der Waals surface area contributed by atoms with Crippen LogP contribution in [0.4, 0.5) is 17.1 Å². The van der Waals surface area contributed by atoms with E-state index < -0.39 is 0 Å². The molecule has 6 nitrogen and oxygen atoms in total. The van der Waals surface area contributed by atoms with Gasteiger partial charge >= 0.3 is 0 Å². The van der Waals surface area contributed by atoms with Crippen LogP contribution < -0.4 is 4.90 Å². The summed E-state index contributed by atoms with van der Waals surface area (Å²) in [6, 6.07) is 66.1. The number of fused-ring (bicyclic) bond motifs is 6. The first-order valence-corrected chi connectivity index (χ1v) is 19.4. The Hall–Kier alpha value is -7.96. The largest absolute Gasteiger partial charge is 0.311 e. The third-order valence-corrected chi connectivity index (χ3v) is 10.9. The van der Waals surface area contributed by atoms with Gasteiger partial charge in [0.1, 0.15) is 11.5 Å². The number of nitrogens with zero attached hydrogens (tertiary/aromatic N) is 6. The van der Waals surface area contributed by atoms with Crippen LogP contribution in [0, 0.1) is 0 Å². The van der Waals surface area contributed by atoms with Crippen molar-refractivity contribution >= 4 is 60.8 Å². The molecular weight excluding hydrogens is 709 g/mol. The Morgan fingerprint density at radius 1 is 0.379 bits per heavy atom. The van der Waals surface area contributed by atoms with Gasteiger partial charge in [-0.15, -0.1) is 0 Å². The fourth-order valence-corrected chi connectivity index (χ4v) is 8.09. The Bertz CT molecular complexity index is 3250. The summed E-state index contributed by atoms with van der Waals surface area (Å²) in [6.07, 6.45) is 5.50. The van der Waals surface area contributed by atoms with Crippen molar-refractivity contribution in [1.29, 1.82) is 0 Å². The van der Waals surface area contributed by atoms with Crippen LogP contribution in [-0.2, 0) is 0 Å². The molecule has 0 aliphatic heterocycles. The lowest BCUT2D eigenvalue weighted by Crippen LogP contribution is -2.09. The molecule has 0 bridgehead atoms. The van der Waals surface area contributed by atoms with E-state index in [2.05, 4.69) is 177 Å². The smallest absolute Gasteiger partial charge is 0.146 e. The maximum absolute atomic E-state index is 5.11. The summed E-state index contributed by atoms with van der Waals surface area (Å²) >= 11 is 0. The first-order valence-electron chi connectivity index (χ1n) is 19.4. The minimum Gasteiger partial charge on any atom is -0.311 e. The normalized spacial score (nSPS) is 11.4. The molecule has 0 spiro atoms. The molecule has 0 N–H and O–H groups in total. The maximum Gasteiger partial charge on any atom is 0.146 e. The monoisotopic (exact) mass is 742 g/mol. The van der Waals surface area contributed by atoms with Gasteiger partial charge in [-0.3, -0.25) is 9.55 Å². The molecule has 6 heteroatoms. The van der Waals surface area contributed by atoms with Crippen LogP contribution in [-0.4, -0.2) is 24.5 Å². The summed E-state index contributed by atoms with van der Waals surface area (Å²) in [4.78, 5) is 21.5. The maximum atomic E-state index is 5.11. The van der Waals surface area contributed by atoms with Crippen LogP contribution in [0.1, 0.15) is 0 Å². The minimum atomic E-state index is 0.850. The van der Waals surface area contributed by atoms with E-state index in [4.69, 9.17) is 9.97 Å².